The molecule has 3 N–H and O–H groups in total. The third-order valence-electron chi connectivity index (χ3n) is 3.44. The average molecular weight is 239 g/mol. The van der Waals surface area contributed by atoms with Crippen LogP contribution in [0.5, 0.6) is 5.75 Å². The lowest BCUT2D eigenvalue weighted by atomic mass is 9.68. The number of benzene rings is 1. The van der Waals surface area contributed by atoms with E-state index < -0.39 is 29.9 Å². The monoisotopic (exact) mass is 239 g/mol. The van der Waals surface area contributed by atoms with Gasteiger partial charge in [0.05, 0.1) is 5.75 Å². The summed E-state index contributed by atoms with van der Waals surface area (Å²) in [6, 6.07) is 2.50. The number of carboxylic acid groups (broad SMARTS) is 1. The van der Waals surface area contributed by atoms with E-state index in [0.29, 0.717) is 12.0 Å². The SMILES string of the molecule is O=C(O)c1c(F)ccc2c1O[B-](O)(O)C1CC21. The lowest BCUT2D eigenvalue weighted by Crippen LogP contribution is -2.46. The summed E-state index contributed by atoms with van der Waals surface area (Å²) in [6.45, 7) is -3.08. The highest BCUT2D eigenvalue weighted by Gasteiger charge is 2.55. The summed E-state index contributed by atoms with van der Waals surface area (Å²) >= 11 is 0. The molecule has 5 nitrogen and oxygen atoms in total. The van der Waals surface area contributed by atoms with Crippen molar-refractivity contribution in [2.45, 2.75) is 18.2 Å². The number of fused-ring (bicyclic) bond motifs is 3. The van der Waals surface area contributed by atoms with Gasteiger partial charge in [0.1, 0.15) is 11.4 Å². The summed E-state index contributed by atoms with van der Waals surface area (Å²) in [5.74, 6) is -3.23. The highest BCUT2D eigenvalue weighted by Crippen LogP contribution is 2.62. The Morgan fingerprint density at radius 3 is 2.82 bits per heavy atom. The van der Waals surface area contributed by atoms with Crippen LogP contribution in [0, 0.1) is 5.82 Å². The molecule has 0 saturated heterocycles. The Hall–Kier alpha value is -1.60. The predicted octanol–water partition coefficient (Wildman–Crippen LogP) is 0.697. The summed E-state index contributed by atoms with van der Waals surface area (Å²) in [6.07, 6.45) is 0.519. The molecule has 0 radical (unpaired) electrons. The highest BCUT2D eigenvalue weighted by atomic mass is 19.1. The zero-order valence-corrected chi connectivity index (χ0v) is 8.63. The first-order valence-corrected chi connectivity index (χ1v) is 5.26. The molecule has 2 aliphatic rings. The van der Waals surface area contributed by atoms with E-state index in [1.54, 1.807) is 0 Å². The van der Waals surface area contributed by atoms with Gasteiger partial charge in [-0.05, 0) is 17.5 Å². The number of carboxylic acids is 1. The van der Waals surface area contributed by atoms with Crippen LogP contribution >= 0.6 is 0 Å². The molecule has 0 aromatic heterocycles. The van der Waals surface area contributed by atoms with E-state index >= 15 is 0 Å². The largest absolute Gasteiger partial charge is 0.669 e. The average Bonchev–Trinajstić information content (AvgIpc) is 2.96. The fourth-order valence-electron chi connectivity index (χ4n) is 2.51. The van der Waals surface area contributed by atoms with Crippen LogP contribution in [0.3, 0.4) is 0 Å². The van der Waals surface area contributed by atoms with Crippen LogP contribution < -0.4 is 4.65 Å². The summed E-state index contributed by atoms with van der Waals surface area (Å²) in [4.78, 5) is 10.9. The second kappa shape index (κ2) is 2.99. The van der Waals surface area contributed by atoms with Crippen molar-refractivity contribution < 1.29 is 29.0 Å². The minimum absolute atomic E-state index is 0.146. The van der Waals surface area contributed by atoms with E-state index in [1.165, 1.54) is 6.07 Å². The van der Waals surface area contributed by atoms with E-state index in [4.69, 9.17) is 9.76 Å². The van der Waals surface area contributed by atoms with Gasteiger partial charge in [-0.15, -0.1) is 0 Å². The fraction of sp³-hybridized carbons (Fsp3) is 0.300. The van der Waals surface area contributed by atoms with Crippen LogP contribution in [-0.2, 0) is 0 Å². The molecule has 1 saturated carbocycles. The first-order valence-electron chi connectivity index (χ1n) is 5.26. The molecule has 1 aliphatic carbocycles. The van der Waals surface area contributed by atoms with Crippen LogP contribution in [0.25, 0.3) is 0 Å². The molecule has 90 valence electrons. The molecule has 2 unspecified atom stereocenters. The Bertz CT molecular complexity index is 530. The zero-order valence-electron chi connectivity index (χ0n) is 8.63. The first kappa shape index (κ1) is 10.6. The summed E-state index contributed by atoms with van der Waals surface area (Å²) < 4.78 is 18.3. The quantitative estimate of drug-likeness (QED) is 0.627. The number of hydrogen-bond acceptors (Lipinski definition) is 4. The highest BCUT2D eigenvalue weighted by molar-refractivity contribution is 6.62. The van der Waals surface area contributed by atoms with E-state index in [9.17, 15) is 19.2 Å². The van der Waals surface area contributed by atoms with Crippen molar-refractivity contribution in [2.75, 3.05) is 0 Å². The van der Waals surface area contributed by atoms with Crippen molar-refractivity contribution in [3.63, 3.8) is 0 Å². The lowest BCUT2D eigenvalue weighted by molar-refractivity contribution is 0.0688. The van der Waals surface area contributed by atoms with Crippen molar-refractivity contribution >= 4 is 12.7 Å². The van der Waals surface area contributed by atoms with Crippen LogP contribution in [0.2, 0.25) is 5.82 Å². The van der Waals surface area contributed by atoms with Gasteiger partial charge in [-0.2, -0.15) is 0 Å². The topological polar surface area (TPSA) is 87.0 Å². The molecule has 1 aliphatic heterocycles. The van der Waals surface area contributed by atoms with E-state index in [2.05, 4.69) is 0 Å². The molecule has 0 bridgehead atoms. The molecule has 1 heterocycles. The Labute approximate surface area is 95.5 Å². The normalized spacial score (nSPS) is 27.7. The summed E-state index contributed by atoms with van der Waals surface area (Å²) in [5, 5.41) is 28.1. The number of hydrogen-bond donors (Lipinski definition) is 3. The minimum Gasteiger partial charge on any atom is -0.669 e. The van der Waals surface area contributed by atoms with Crippen LogP contribution in [0.1, 0.15) is 28.3 Å². The molecule has 3 rings (SSSR count). The molecule has 1 aromatic rings. The first-order chi connectivity index (χ1) is 7.92. The van der Waals surface area contributed by atoms with Gasteiger partial charge in [0.15, 0.2) is 0 Å². The molecule has 1 fully saturated rings. The van der Waals surface area contributed by atoms with E-state index in [-0.39, 0.29) is 11.7 Å². The molecular weight excluding hydrogens is 230 g/mol. The number of carbonyl (C=O) groups is 1. The van der Waals surface area contributed by atoms with Crippen molar-refractivity contribution in [3.8, 4) is 5.75 Å². The number of halogens is 1. The number of aromatic carboxylic acids is 1. The van der Waals surface area contributed by atoms with Gasteiger partial charge in [0, 0.05) is 0 Å². The molecule has 1 aromatic carbocycles. The Morgan fingerprint density at radius 1 is 1.47 bits per heavy atom. The zero-order chi connectivity index (χ0) is 12.4. The van der Waals surface area contributed by atoms with Crippen LogP contribution in [0.15, 0.2) is 12.1 Å². The molecule has 0 amide bonds. The maximum absolute atomic E-state index is 13.4. The van der Waals surface area contributed by atoms with Crippen molar-refractivity contribution in [1.82, 2.24) is 0 Å². The van der Waals surface area contributed by atoms with Crippen molar-refractivity contribution in [1.29, 1.82) is 0 Å². The van der Waals surface area contributed by atoms with Crippen molar-refractivity contribution in [3.05, 3.63) is 29.1 Å². The van der Waals surface area contributed by atoms with Gasteiger partial charge in [0.2, 0.25) is 0 Å². The standard InChI is InChI=1S/C10H9BFO5/c12-7-2-1-4-5-3-6(5)11(15,16)17-9(4)8(7)10(13)14/h1-2,5-6,15-16H,3H2,(H,13,14)/q-1. The predicted molar refractivity (Wildman–Crippen MR) is 55.3 cm³/mol. The molecule has 2 atom stereocenters. The Morgan fingerprint density at radius 2 is 2.18 bits per heavy atom. The molecule has 0 spiro atoms. The van der Waals surface area contributed by atoms with Gasteiger partial charge >= 0.3 is 12.7 Å². The van der Waals surface area contributed by atoms with Gasteiger partial charge < -0.3 is 19.8 Å². The van der Waals surface area contributed by atoms with Crippen molar-refractivity contribution in [2.24, 2.45) is 0 Å². The third kappa shape index (κ3) is 1.36. The Kier molecular flexibility index (Phi) is 1.86. The van der Waals surface area contributed by atoms with Gasteiger partial charge in [-0.3, -0.25) is 0 Å². The minimum atomic E-state index is -3.08. The molecule has 7 heteroatoms. The maximum atomic E-state index is 13.4. The third-order valence-corrected chi connectivity index (χ3v) is 3.44. The van der Waals surface area contributed by atoms with Gasteiger partial charge in [-0.25, -0.2) is 9.18 Å². The molecular formula is C10H9BFO5-. The second-order valence-corrected chi connectivity index (χ2v) is 4.53. The Balaban J connectivity index is 2.21. The van der Waals surface area contributed by atoms with E-state index in [1.807, 2.05) is 0 Å². The van der Waals surface area contributed by atoms with Gasteiger partial charge in [-0.1, -0.05) is 18.3 Å². The number of rotatable bonds is 1. The summed E-state index contributed by atoms with van der Waals surface area (Å²) in [7, 11) is 0. The lowest BCUT2D eigenvalue weighted by Gasteiger charge is -2.36. The van der Waals surface area contributed by atoms with E-state index in [0.717, 1.165) is 6.07 Å². The van der Waals surface area contributed by atoms with Crippen LogP contribution in [-0.4, -0.2) is 27.9 Å². The fourth-order valence-corrected chi connectivity index (χ4v) is 2.51. The summed E-state index contributed by atoms with van der Waals surface area (Å²) in [5.41, 5.74) is -0.100. The van der Waals surface area contributed by atoms with Gasteiger partial charge in [0.25, 0.3) is 0 Å². The van der Waals surface area contributed by atoms with Crippen LogP contribution in [0.4, 0.5) is 4.39 Å². The smallest absolute Gasteiger partial charge is 0.434 e. The molecule has 17 heavy (non-hydrogen) atoms. The maximum Gasteiger partial charge on any atom is 0.434 e. The second-order valence-electron chi connectivity index (χ2n) is 4.53.